The molecule has 4 rings (SSSR count). The number of nitrogens with zero attached hydrogens (tertiary/aromatic N) is 1. The number of ether oxygens (including phenoxy) is 3. The summed E-state index contributed by atoms with van der Waals surface area (Å²) >= 11 is 0. The minimum atomic E-state index is -0.136. The zero-order valence-electron chi connectivity index (χ0n) is 16.1. The monoisotopic (exact) mass is 385 g/mol. The molecule has 1 aromatic heterocycles. The maximum absolute atomic E-state index is 12.7. The van der Waals surface area contributed by atoms with Gasteiger partial charge < -0.3 is 14.2 Å². The van der Waals surface area contributed by atoms with Crippen LogP contribution in [0.3, 0.4) is 0 Å². The fraction of sp³-hybridized carbons (Fsp3) is 0.0833. The summed E-state index contributed by atoms with van der Waals surface area (Å²) in [6.45, 7) is 0. The van der Waals surface area contributed by atoms with Gasteiger partial charge in [0.05, 0.1) is 19.8 Å². The number of methoxy groups -OCH3 is 2. The van der Waals surface area contributed by atoms with Crippen molar-refractivity contribution in [2.24, 2.45) is 0 Å². The van der Waals surface area contributed by atoms with E-state index in [1.54, 1.807) is 44.7 Å². The summed E-state index contributed by atoms with van der Waals surface area (Å²) in [4.78, 5) is 16.9. The topological polar surface area (TPSA) is 57.6 Å². The molecule has 0 fully saturated rings. The van der Waals surface area contributed by atoms with Crippen LogP contribution < -0.4 is 14.2 Å². The number of rotatable bonds is 5. The van der Waals surface area contributed by atoms with Crippen LogP contribution in [0.15, 0.2) is 78.7 Å². The van der Waals surface area contributed by atoms with E-state index < -0.39 is 0 Å². The van der Waals surface area contributed by atoms with E-state index in [-0.39, 0.29) is 5.78 Å². The standard InChI is InChI=1S/C24H19NO4/c1-27-19-10-6-16(7-11-19)4-3-5-22-24(26)20-14-17(8-12-21(20)29-22)18-9-13-23(28-2)25-15-18/h3-15H,1-2H3/b4-3+,22-5-. The highest BCUT2D eigenvalue weighted by atomic mass is 16.5. The quantitative estimate of drug-likeness (QED) is 0.583. The van der Waals surface area contributed by atoms with Gasteiger partial charge in [-0.1, -0.05) is 30.4 Å². The minimum absolute atomic E-state index is 0.136. The SMILES string of the molecule is COc1ccc(/C=C/C=C2\Oc3ccc(-c4ccc(OC)nc4)cc3C2=O)cc1. The molecule has 0 unspecified atom stereocenters. The van der Waals surface area contributed by atoms with E-state index in [1.807, 2.05) is 48.5 Å². The summed E-state index contributed by atoms with van der Waals surface area (Å²) in [7, 11) is 3.21. The van der Waals surface area contributed by atoms with Gasteiger partial charge >= 0.3 is 0 Å². The van der Waals surface area contributed by atoms with Crippen molar-refractivity contribution in [3.05, 3.63) is 89.8 Å². The number of pyridine rings is 1. The van der Waals surface area contributed by atoms with Gasteiger partial charge in [0.2, 0.25) is 11.7 Å². The van der Waals surface area contributed by atoms with Gasteiger partial charge in [-0.2, -0.15) is 0 Å². The Morgan fingerprint density at radius 3 is 2.41 bits per heavy atom. The summed E-state index contributed by atoms with van der Waals surface area (Å²) in [6, 6.07) is 16.9. The summed E-state index contributed by atoms with van der Waals surface area (Å²) in [5.41, 5.74) is 3.34. The van der Waals surface area contributed by atoms with E-state index in [9.17, 15) is 4.79 Å². The number of carbonyl (C=O) groups is 1. The number of hydrogen-bond donors (Lipinski definition) is 0. The van der Waals surface area contributed by atoms with E-state index in [0.29, 0.717) is 23.0 Å². The molecule has 5 nitrogen and oxygen atoms in total. The second kappa shape index (κ2) is 8.02. The Kier molecular flexibility index (Phi) is 5.12. The first-order valence-corrected chi connectivity index (χ1v) is 9.07. The number of allylic oxidation sites excluding steroid dienone is 3. The molecule has 5 heteroatoms. The lowest BCUT2D eigenvalue weighted by molar-refractivity contribution is 0.101. The highest BCUT2D eigenvalue weighted by Crippen LogP contribution is 2.34. The van der Waals surface area contributed by atoms with Gasteiger partial charge in [0.15, 0.2) is 5.76 Å². The van der Waals surface area contributed by atoms with Crippen LogP contribution in [0.5, 0.6) is 17.4 Å². The summed E-state index contributed by atoms with van der Waals surface area (Å²) in [6.07, 6.45) is 7.10. The number of hydrogen-bond acceptors (Lipinski definition) is 5. The average molecular weight is 385 g/mol. The maximum atomic E-state index is 12.7. The predicted molar refractivity (Wildman–Crippen MR) is 111 cm³/mol. The first kappa shape index (κ1) is 18.5. The van der Waals surface area contributed by atoms with Crippen LogP contribution in [-0.2, 0) is 0 Å². The molecule has 3 aromatic rings. The van der Waals surface area contributed by atoms with Crippen molar-refractivity contribution < 1.29 is 19.0 Å². The van der Waals surface area contributed by atoms with Gasteiger partial charge in [-0.15, -0.1) is 0 Å². The third kappa shape index (κ3) is 3.89. The van der Waals surface area contributed by atoms with Crippen molar-refractivity contribution in [2.45, 2.75) is 0 Å². The van der Waals surface area contributed by atoms with Crippen molar-refractivity contribution in [3.63, 3.8) is 0 Å². The molecule has 0 N–H and O–H groups in total. The molecule has 0 aliphatic carbocycles. The third-order valence-corrected chi connectivity index (χ3v) is 4.60. The fourth-order valence-electron chi connectivity index (χ4n) is 3.02. The van der Waals surface area contributed by atoms with Crippen molar-refractivity contribution in [3.8, 4) is 28.5 Å². The van der Waals surface area contributed by atoms with Crippen molar-refractivity contribution in [2.75, 3.05) is 14.2 Å². The Bertz CT molecular complexity index is 1100. The van der Waals surface area contributed by atoms with Gasteiger partial charge in [-0.05, 0) is 47.5 Å². The lowest BCUT2D eigenvalue weighted by atomic mass is 10.0. The van der Waals surface area contributed by atoms with Crippen LogP contribution in [0.4, 0.5) is 0 Å². The zero-order chi connectivity index (χ0) is 20.2. The molecular weight excluding hydrogens is 366 g/mol. The van der Waals surface area contributed by atoms with E-state index in [1.165, 1.54) is 0 Å². The van der Waals surface area contributed by atoms with E-state index in [2.05, 4.69) is 4.98 Å². The Balaban J connectivity index is 1.53. The molecule has 0 radical (unpaired) electrons. The average Bonchev–Trinajstić information content (AvgIpc) is 3.09. The second-order valence-corrected chi connectivity index (χ2v) is 6.39. The highest BCUT2D eigenvalue weighted by Gasteiger charge is 2.27. The zero-order valence-corrected chi connectivity index (χ0v) is 16.1. The largest absolute Gasteiger partial charge is 0.497 e. The molecule has 0 spiro atoms. The molecule has 1 aliphatic heterocycles. The number of carbonyl (C=O) groups excluding carboxylic acids is 1. The molecule has 0 atom stereocenters. The first-order valence-electron chi connectivity index (χ1n) is 9.07. The number of ketones is 1. The van der Waals surface area contributed by atoms with E-state index in [0.717, 1.165) is 22.4 Å². The van der Waals surface area contributed by atoms with Crippen LogP contribution in [0, 0.1) is 0 Å². The molecule has 2 aromatic carbocycles. The van der Waals surface area contributed by atoms with Gasteiger partial charge in [0.25, 0.3) is 0 Å². The number of fused-ring (bicyclic) bond motifs is 1. The van der Waals surface area contributed by atoms with Crippen LogP contribution in [-0.4, -0.2) is 25.0 Å². The van der Waals surface area contributed by atoms with Crippen LogP contribution in [0.25, 0.3) is 17.2 Å². The van der Waals surface area contributed by atoms with Crippen molar-refractivity contribution in [1.29, 1.82) is 0 Å². The smallest absolute Gasteiger partial charge is 0.231 e. The Morgan fingerprint density at radius 1 is 0.931 bits per heavy atom. The van der Waals surface area contributed by atoms with Gasteiger partial charge in [-0.3, -0.25) is 4.79 Å². The van der Waals surface area contributed by atoms with Gasteiger partial charge in [0, 0.05) is 17.8 Å². The van der Waals surface area contributed by atoms with E-state index in [4.69, 9.17) is 14.2 Å². The third-order valence-electron chi connectivity index (χ3n) is 4.60. The normalized spacial score (nSPS) is 14.1. The van der Waals surface area contributed by atoms with Crippen LogP contribution >= 0.6 is 0 Å². The van der Waals surface area contributed by atoms with Gasteiger partial charge in [-0.25, -0.2) is 4.98 Å². The Labute approximate surface area is 168 Å². The molecule has 144 valence electrons. The van der Waals surface area contributed by atoms with Crippen molar-refractivity contribution >= 4 is 11.9 Å². The second-order valence-electron chi connectivity index (χ2n) is 6.39. The lowest BCUT2D eigenvalue weighted by Crippen LogP contribution is -1.97. The molecule has 0 saturated heterocycles. The molecule has 0 amide bonds. The molecule has 0 saturated carbocycles. The summed E-state index contributed by atoms with van der Waals surface area (Å²) < 4.78 is 16.0. The molecule has 2 heterocycles. The number of Topliss-reactive ketones (excluding diaryl/α,β-unsaturated/α-hetero) is 1. The Hall–Kier alpha value is -3.86. The Morgan fingerprint density at radius 2 is 1.72 bits per heavy atom. The molecular formula is C24H19NO4. The number of aromatic nitrogens is 1. The fourth-order valence-corrected chi connectivity index (χ4v) is 3.02. The van der Waals surface area contributed by atoms with Crippen LogP contribution in [0.2, 0.25) is 0 Å². The maximum Gasteiger partial charge on any atom is 0.231 e. The van der Waals surface area contributed by atoms with Crippen LogP contribution in [0.1, 0.15) is 15.9 Å². The molecule has 0 bridgehead atoms. The summed E-state index contributed by atoms with van der Waals surface area (Å²) in [5.74, 6) is 2.07. The van der Waals surface area contributed by atoms with Gasteiger partial charge in [0.1, 0.15) is 11.5 Å². The predicted octanol–water partition coefficient (Wildman–Crippen LogP) is 4.94. The highest BCUT2D eigenvalue weighted by molar-refractivity contribution is 6.13. The first-order chi connectivity index (χ1) is 14.2. The van der Waals surface area contributed by atoms with Crippen molar-refractivity contribution in [1.82, 2.24) is 4.98 Å². The minimum Gasteiger partial charge on any atom is -0.497 e. The lowest BCUT2D eigenvalue weighted by Gasteiger charge is -2.04. The summed E-state index contributed by atoms with van der Waals surface area (Å²) in [5, 5.41) is 0. The van der Waals surface area contributed by atoms with E-state index >= 15 is 0 Å². The molecule has 29 heavy (non-hydrogen) atoms. The molecule has 1 aliphatic rings. The number of benzene rings is 2.